The van der Waals surface area contributed by atoms with Crippen LogP contribution in [0.3, 0.4) is 0 Å². The van der Waals surface area contributed by atoms with Gasteiger partial charge in [0.1, 0.15) is 5.76 Å². The van der Waals surface area contributed by atoms with Gasteiger partial charge in [-0.1, -0.05) is 18.2 Å². The first-order chi connectivity index (χ1) is 9.24. The standard InChI is InChI=1S/C16H13NO2/c1-11-9-14(13-6-2-3-7-15(13)17-11)16(18)10-12-5-4-8-19-12/h2-9H,10H2,1H3. The highest BCUT2D eigenvalue weighted by atomic mass is 16.3. The molecule has 3 rings (SSSR count). The van der Waals surface area contributed by atoms with Crippen molar-refractivity contribution < 1.29 is 9.21 Å². The topological polar surface area (TPSA) is 43.1 Å². The first-order valence-corrected chi connectivity index (χ1v) is 6.16. The molecule has 0 unspecified atom stereocenters. The van der Waals surface area contributed by atoms with Gasteiger partial charge in [0, 0.05) is 16.6 Å². The molecule has 3 heteroatoms. The second-order valence-corrected chi connectivity index (χ2v) is 4.51. The molecule has 0 radical (unpaired) electrons. The molecule has 0 aliphatic carbocycles. The number of carbonyl (C=O) groups excluding carboxylic acids is 1. The number of aryl methyl sites for hydroxylation is 1. The Hall–Kier alpha value is -2.42. The fourth-order valence-corrected chi connectivity index (χ4v) is 2.21. The van der Waals surface area contributed by atoms with Crippen LogP contribution in [0.2, 0.25) is 0 Å². The lowest BCUT2D eigenvalue weighted by atomic mass is 10.0. The van der Waals surface area contributed by atoms with Gasteiger partial charge in [-0.25, -0.2) is 0 Å². The highest BCUT2D eigenvalue weighted by molar-refractivity contribution is 6.08. The number of ketones is 1. The van der Waals surface area contributed by atoms with E-state index in [0.717, 1.165) is 16.6 Å². The van der Waals surface area contributed by atoms with Gasteiger partial charge in [-0.15, -0.1) is 0 Å². The van der Waals surface area contributed by atoms with Crippen LogP contribution in [0.4, 0.5) is 0 Å². The number of benzene rings is 1. The number of rotatable bonds is 3. The summed E-state index contributed by atoms with van der Waals surface area (Å²) in [5.74, 6) is 0.736. The van der Waals surface area contributed by atoms with E-state index in [1.165, 1.54) is 0 Å². The number of para-hydroxylation sites is 1. The van der Waals surface area contributed by atoms with Crippen molar-refractivity contribution in [3.63, 3.8) is 0 Å². The lowest BCUT2D eigenvalue weighted by Crippen LogP contribution is -2.05. The van der Waals surface area contributed by atoms with Gasteiger partial charge in [-0.05, 0) is 31.2 Å². The summed E-state index contributed by atoms with van der Waals surface area (Å²) in [4.78, 5) is 16.8. The van der Waals surface area contributed by atoms with Gasteiger partial charge in [-0.3, -0.25) is 9.78 Å². The van der Waals surface area contributed by atoms with Gasteiger partial charge < -0.3 is 4.42 Å². The third kappa shape index (κ3) is 2.27. The number of hydrogen-bond acceptors (Lipinski definition) is 3. The van der Waals surface area contributed by atoms with Gasteiger partial charge in [0.2, 0.25) is 0 Å². The number of furan rings is 1. The normalized spacial score (nSPS) is 10.8. The first kappa shape index (κ1) is 11.7. The van der Waals surface area contributed by atoms with Crippen molar-refractivity contribution >= 4 is 16.7 Å². The molecule has 0 aliphatic heterocycles. The molecule has 3 nitrogen and oxygen atoms in total. The summed E-state index contributed by atoms with van der Waals surface area (Å²) in [7, 11) is 0. The van der Waals surface area contributed by atoms with Gasteiger partial charge in [0.15, 0.2) is 5.78 Å². The molecule has 2 heterocycles. The Bertz CT molecular complexity index is 730. The molecule has 0 saturated carbocycles. The maximum Gasteiger partial charge on any atom is 0.171 e. The maximum atomic E-state index is 12.4. The predicted octanol–water partition coefficient (Wildman–Crippen LogP) is 3.56. The van der Waals surface area contributed by atoms with E-state index < -0.39 is 0 Å². The summed E-state index contributed by atoms with van der Waals surface area (Å²) in [5.41, 5.74) is 2.41. The van der Waals surface area contributed by atoms with Crippen LogP contribution in [0.5, 0.6) is 0 Å². The molecule has 2 aromatic heterocycles. The zero-order valence-electron chi connectivity index (χ0n) is 10.6. The van der Waals surface area contributed by atoms with Gasteiger partial charge in [0.25, 0.3) is 0 Å². The fraction of sp³-hybridized carbons (Fsp3) is 0.125. The molecule has 94 valence electrons. The van der Waals surface area contributed by atoms with Crippen LogP contribution >= 0.6 is 0 Å². The number of nitrogens with zero attached hydrogens (tertiary/aromatic N) is 1. The average molecular weight is 251 g/mol. The fourth-order valence-electron chi connectivity index (χ4n) is 2.21. The average Bonchev–Trinajstić information content (AvgIpc) is 2.90. The molecule has 0 atom stereocenters. The highest BCUT2D eigenvalue weighted by Gasteiger charge is 2.13. The molecular weight excluding hydrogens is 238 g/mol. The van der Waals surface area contributed by atoms with Crippen molar-refractivity contribution in [2.45, 2.75) is 13.3 Å². The lowest BCUT2D eigenvalue weighted by Gasteiger charge is -2.06. The monoisotopic (exact) mass is 251 g/mol. The van der Waals surface area contributed by atoms with E-state index in [2.05, 4.69) is 4.98 Å². The van der Waals surface area contributed by atoms with Crippen LogP contribution < -0.4 is 0 Å². The summed E-state index contributed by atoms with van der Waals surface area (Å²) < 4.78 is 5.23. The van der Waals surface area contributed by atoms with Gasteiger partial charge in [0.05, 0.1) is 18.2 Å². The van der Waals surface area contributed by atoms with Crippen LogP contribution in [0.15, 0.2) is 53.1 Å². The molecule has 0 fully saturated rings. The van der Waals surface area contributed by atoms with Gasteiger partial charge in [-0.2, -0.15) is 0 Å². The van der Waals surface area contributed by atoms with Crippen molar-refractivity contribution in [1.29, 1.82) is 0 Å². The quantitative estimate of drug-likeness (QED) is 0.668. The number of pyridine rings is 1. The third-order valence-electron chi connectivity index (χ3n) is 3.06. The van der Waals surface area contributed by atoms with Crippen molar-refractivity contribution in [3.05, 3.63) is 65.7 Å². The lowest BCUT2D eigenvalue weighted by molar-refractivity contribution is 0.0988. The third-order valence-corrected chi connectivity index (χ3v) is 3.06. The van der Waals surface area contributed by atoms with E-state index >= 15 is 0 Å². The second-order valence-electron chi connectivity index (χ2n) is 4.51. The van der Waals surface area contributed by atoms with E-state index in [1.54, 1.807) is 12.3 Å². The second kappa shape index (κ2) is 4.69. The van der Waals surface area contributed by atoms with E-state index in [4.69, 9.17) is 4.42 Å². The zero-order valence-corrected chi connectivity index (χ0v) is 10.6. The van der Waals surface area contributed by atoms with Crippen LogP contribution in [-0.4, -0.2) is 10.8 Å². The smallest absolute Gasteiger partial charge is 0.171 e. The van der Waals surface area contributed by atoms with Crippen LogP contribution in [0.25, 0.3) is 10.9 Å². The predicted molar refractivity (Wildman–Crippen MR) is 73.2 cm³/mol. The van der Waals surface area contributed by atoms with Crippen LogP contribution in [0.1, 0.15) is 21.8 Å². The van der Waals surface area contributed by atoms with E-state index in [9.17, 15) is 4.79 Å². The van der Waals surface area contributed by atoms with Crippen LogP contribution in [0, 0.1) is 6.92 Å². The SMILES string of the molecule is Cc1cc(C(=O)Cc2ccco2)c2ccccc2n1. The minimum Gasteiger partial charge on any atom is -0.469 e. The molecule has 0 N–H and O–H groups in total. The summed E-state index contributed by atoms with van der Waals surface area (Å²) in [6, 6.07) is 13.1. The molecule has 0 bridgehead atoms. The summed E-state index contributed by atoms with van der Waals surface area (Å²) in [6.07, 6.45) is 1.86. The molecule has 3 aromatic rings. The Kier molecular flexibility index (Phi) is 2.88. The highest BCUT2D eigenvalue weighted by Crippen LogP contribution is 2.20. The van der Waals surface area contributed by atoms with Crippen molar-refractivity contribution in [2.24, 2.45) is 0 Å². The van der Waals surface area contributed by atoms with Gasteiger partial charge >= 0.3 is 0 Å². The Labute approximate surface area is 110 Å². The van der Waals surface area contributed by atoms with E-state index in [0.29, 0.717) is 11.3 Å². The molecule has 0 spiro atoms. The number of fused-ring (bicyclic) bond motifs is 1. The molecular formula is C16H13NO2. The molecule has 1 aromatic carbocycles. The number of aromatic nitrogens is 1. The summed E-state index contributed by atoms with van der Waals surface area (Å²) in [6.45, 7) is 1.90. The van der Waals surface area contributed by atoms with Crippen molar-refractivity contribution in [3.8, 4) is 0 Å². The molecule has 19 heavy (non-hydrogen) atoms. The van der Waals surface area contributed by atoms with Crippen molar-refractivity contribution in [2.75, 3.05) is 0 Å². The zero-order chi connectivity index (χ0) is 13.2. The van der Waals surface area contributed by atoms with E-state index in [-0.39, 0.29) is 12.2 Å². The minimum atomic E-state index is 0.0525. The number of hydrogen-bond donors (Lipinski definition) is 0. The Morgan fingerprint density at radius 1 is 1.21 bits per heavy atom. The Morgan fingerprint density at radius 2 is 2.05 bits per heavy atom. The van der Waals surface area contributed by atoms with Crippen molar-refractivity contribution in [1.82, 2.24) is 4.98 Å². The van der Waals surface area contributed by atoms with E-state index in [1.807, 2.05) is 43.3 Å². The Morgan fingerprint density at radius 3 is 2.84 bits per heavy atom. The number of Topliss-reactive ketones (excluding diaryl/α,β-unsaturated/α-hetero) is 1. The summed E-state index contributed by atoms with van der Waals surface area (Å²) in [5, 5.41) is 0.893. The molecule has 0 saturated heterocycles. The molecule has 0 amide bonds. The summed E-state index contributed by atoms with van der Waals surface area (Å²) >= 11 is 0. The first-order valence-electron chi connectivity index (χ1n) is 6.16. The molecule has 0 aliphatic rings. The minimum absolute atomic E-state index is 0.0525. The van der Waals surface area contributed by atoms with Crippen LogP contribution in [-0.2, 0) is 6.42 Å². The maximum absolute atomic E-state index is 12.4. The number of carbonyl (C=O) groups is 1. The largest absolute Gasteiger partial charge is 0.469 e. The Balaban J connectivity index is 2.06.